The van der Waals surface area contributed by atoms with E-state index in [1.165, 1.54) is 0 Å². The Kier molecular flexibility index (Phi) is 4.93. The van der Waals surface area contributed by atoms with E-state index in [4.69, 9.17) is 9.84 Å². The van der Waals surface area contributed by atoms with Gasteiger partial charge in [-0.05, 0) is 24.6 Å². The topological polar surface area (TPSA) is 84.6 Å². The van der Waals surface area contributed by atoms with Gasteiger partial charge in [-0.2, -0.15) is 0 Å². The molecule has 0 saturated carbocycles. The molecule has 1 heterocycles. The molecule has 0 aliphatic rings. The third kappa shape index (κ3) is 3.40. The standard InChI is InChI=1S/C15H20N2O4/c1-3-14-16-12-8-10(15(19)20)4-5-13(12)17(14)7-6-11(18)9-21-2/h4-5,8,11,18H,3,6-7,9H2,1-2H3,(H,19,20). The van der Waals surface area contributed by atoms with Gasteiger partial charge < -0.3 is 19.5 Å². The van der Waals surface area contributed by atoms with E-state index in [0.29, 0.717) is 25.1 Å². The second kappa shape index (κ2) is 6.69. The highest BCUT2D eigenvalue weighted by Crippen LogP contribution is 2.19. The van der Waals surface area contributed by atoms with Crippen LogP contribution in [0.3, 0.4) is 0 Å². The maximum atomic E-state index is 11.0. The second-order valence-corrected chi connectivity index (χ2v) is 4.94. The molecule has 6 heteroatoms. The van der Waals surface area contributed by atoms with Crippen molar-refractivity contribution in [2.24, 2.45) is 0 Å². The van der Waals surface area contributed by atoms with Gasteiger partial charge in [-0.1, -0.05) is 6.92 Å². The van der Waals surface area contributed by atoms with Crippen molar-refractivity contribution in [1.29, 1.82) is 0 Å². The molecule has 0 radical (unpaired) electrons. The lowest BCUT2D eigenvalue weighted by Crippen LogP contribution is -2.17. The van der Waals surface area contributed by atoms with Crippen LogP contribution in [0.4, 0.5) is 0 Å². The van der Waals surface area contributed by atoms with Gasteiger partial charge in [0.05, 0.1) is 29.3 Å². The average molecular weight is 292 g/mol. The molecule has 0 spiro atoms. The number of hydrogen-bond acceptors (Lipinski definition) is 4. The van der Waals surface area contributed by atoms with Crippen LogP contribution in [0.1, 0.15) is 29.5 Å². The smallest absolute Gasteiger partial charge is 0.335 e. The monoisotopic (exact) mass is 292 g/mol. The lowest BCUT2D eigenvalue weighted by molar-refractivity contribution is 0.0566. The first-order chi connectivity index (χ1) is 10.1. The number of aryl methyl sites for hydroxylation is 2. The Morgan fingerprint density at radius 3 is 2.86 bits per heavy atom. The first-order valence-corrected chi connectivity index (χ1v) is 6.96. The molecule has 0 amide bonds. The van der Waals surface area contributed by atoms with Crippen molar-refractivity contribution in [3.05, 3.63) is 29.6 Å². The van der Waals surface area contributed by atoms with Crippen molar-refractivity contribution in [2.75, 3.05) is 13.7 Å². The third-order valence-electron chi connectivity index (χ3n) is 3.44. The summed E-state index contributed by atoms with van der Waals surface area (Å²) in [6.45, 7) is 2.93. The zero-order valence-electron chi connectivity index (χ0n) is 12.2. The fourth-order valence-corrected chi connectivity index (χ4v) is 2.39. The number of carboxylic acid groups (broad SMARTS) is 1. The van der Waals surface area contributed by atoms with Gasteiger partial charge in [-0.3, -0.25) is 0 Å². The molecule has 114 valence electrons. The lowest BCUT2D eigenvalue weighted by Gasteiger charge is -2.12. The maximum absolute atomic E-state index is 11.0. The van der Waals surface area contributed by atoms with Gasteiger partial charge in [-0.15, -0.1) is 0 Å². The van der Waals surface area contributed by atoms with E-state index in [9.17, 15) is 9.90 Å². The molecule has 1 aromatic heterocycles. The van der Waals surface area contributed by atoms with E-state index in [1.807, 2.05) is 11.5 Å². The minimum absolute atomic E-state index is 0.231. The van der Waals surface area contributed by atoms with Crippen molar-refractivity contribution in [3.63, 3.8) is 0 Å². The third-order valence-corrected chi connectivity index (χ3v) is 3.44. The quantitative estimate of drug-likeness (QED) is 0.811. The molecule has 0 aliphatic heterocycles. The number of aliphatic hydroxyl groups is 1. The number of nitrogens with zero attached hydrogens (tertiary/aromatic N) is 2. The molecule has 2 aromatic rings. The fourth-order valence-electron chi connectivity index (χ4n) is 2.39. The lowest BCUT2D eigenvalue weighted by atomic mass is 10.2. The molecule has 2 N–H and O–H groups in total. The summed E-state index contributed by atoms with van der Waals surface area (Å²) < 4.78 is 6.95. The molecule has 1 atom stereocenters. The van der Waals surface area contributed by atoms with Gasteiger partial charge in [0.25, 0.3) is 0 Å². The summed E-state index contributed by atoms with van der Waals surface area (Å²) >= 11 is 0. The normalized spacial score (nSPS) is 12.7. The fraction of sp³-hybridized carbons (Fsp3) is 0.467. The number of imidazole rings is 1. The van der Waals surface area contributed by atoms with Crippen LogP contribution in [-0.4, -0.2) is 45.6 Å². The largest absolute Gasteiger partial charge is 0.478 e. The van der Waals surface area contributed by atoms with E-state index in [0.717, 1.165) is 17.8 Å². The number of aromatic carboxylic acids is 1. The van der Waals surface area contributed by atoms with E-state index in [-0.39, 0.29) is 5.56 Å². The molecule has 1 aromatic carbocycles. The summed E-state index contributed by atoms with van der Waals surface area (Å²) in [7, 11) is 1.56. The van der Waals surface area contributed by atoms with Crippen molar-refractivity contribution in [3.8, 4) is 0 Å². The van der Waals surface area contributed by atoms with Gasteiger partial charge in [-0.25, -0.2) is 9.78 Å². The molecule has 21 heavy (non-hydrogen) atoms. The number of carbonyl (C=O) groups is 1. The predicted octanol–water partition coefficient (Wildman–Crippen LogP) is 1.69. The summed E-state index contributed by atoms with van der Waals surface area (Å²) in [5.74, 6) is -0.0721. The van der Waals surface area contributed by atoms with Crippen molar-refractivity contribution < 1.29 is 19.7 Å². The molecular formula is C15H20N2O4. The number of methoxy groups -OCH3 is 1. The molecule has 0 saturated heterocycles. The highest BCUT2D eigenvalue weighted by atomic mass is 16.5. The highest BCUT2D eigenvalue weighted by molar-refractivity contribution is 5.92. The van der Waals surface area contributed by atoms with E-state index >= 15 is 0 Å². The first-order valence-electron chi connectivity index (χ1n) is 6.96. The average Bonchev–Trinajstić information content (AvgIpc) is 2.82. The molecular weight excluding hydrogens is 272 g/mol. The molecule has 0 aliphatic carbocycles. The summed E-state index contributed by atoms with van der Waals surface area (Å²) in [6, 6.07) is 4.93. The number of aliphatic hydroxyl groups excluding tert-OH is 1. The first kappa shape index (κ1) is 15.5. The number of fused-ring (bicyclic) bond motifs is 1. The van der Waals surface area contributed by atoms with Crippen LogP contribution in [0.25, 0.3) is 11.0 Å². The zero-order chi connectivity index (χ0) is 15.4. The Morgan fingerprint density at radius 2 is 2.24 bits per heavy atom. The Labute approximate surface area is 123 Å². The van der Waals surface area contributed by atoms with Crippen molar-refractivity contribution in [2.45, 2.75) is 32.4 Å². The van der Waals surface area contributed by atoms with Crippen LogP contribution in [0.5, 0.6) is 0 Å². The summed E-state index contributed by atoms with van der Waals surface area (Å²) in [4.78, 5) is 15.5. The number of aromatic nitrogens is 2. The van der Waals surface area contributed by atoms with E-state index in [2.05, 4.69) is 4.98 Å². The molecule has 1 unspecified atom stereocenters. The van der Waals surface area contributed by atoms with Crippen molar-refractivity contribution in [1.82, 2.24) is 9.55 Å². The summed E-state index contributed by atoms with van der Waals surface area (Å²) in [5, 5.41) is 18.8. The van der Waals surface area contributed by atoms with Crippen LogP contribution < -0.4 is 0 Å². The Bertz CT molecular complexity index is 636. The van der Waals surface area contributed by atoms with Gasteiger partial charge in [0.15, 0.2) is 0 Å². The number of hydrogen-bond donors (Lipinski definition) is 2. The van der Waals surface area contributed by atoms with Gasteiger partial charge in [0.1, 0.15) is 5.82 Å². The minimum atomic E-state index is -0.958. The SMILES string of the molecule is CCc1nc2cc(C(=O)O)ccc2n1CCC(O)COC. The summed E-state index contributed by atoms with van der Waals surface area (Å²) in [6.07, 6.45) is 0.792. The number of benzene rings is 1. The number of rotatable bonds is 7. The maximum Gasteiger partial charge on any atom is 0.335 e. The van der Waals surface area contributed by atoms with Crippen molar-refractivity contribution >= 4 is 17.0 Å². The van der Waals surface area contributed by atoms with Gasteiger partial charge >= 0.3 is 5.97 Å². The van der Waals surface area contributed by atoms with Gasteiger partial charge in [0, 0.05) is 20.1 Å². The number of carboxylic acids is 1. The van der Waals surface area contributed by atoms with Crippen LogP contribution in [0.15, 0.2) is 18.2 Å². The Balaban J connectivity index is 2.31. The molecule has 0 bridgehead atoms. The Morgan fingerprint density at radius 1 is 1.48 bits per heavy atom. The van der Waals surface area contributed by atoms with Crippen LogP contribution in [-0.2, 0) is 17.7 Å². The highest BCUT2D eigenvalue weighted by Gasteiger charge is 2.13. The predicted molar refractivity (Wildman–Crippen MR) is 78.6 cm³/mol. The van der Waals surface area contributed by atoms with E-state index < -0.39 is 12.1 Å². The molecule has 6 nitrogen and oxygen atoms in total. The zero-order valence-corrected chi connectivity index (χ0v) is 12.2. The van der Waals surface area contributed by atoms with E-state index in [1.54, 1.807) is 25.3 Å². The van der Waals surface area contributed by atoms with Gasteiger partial charge in [0.2, 0.25) is 0 Å². The summed E-state index contributed by atoms with van der Waals surface area (Å²) in [5.41, 5.74) is 1.80. The Hall–Kier alpha value is -1.92. The molecule has 0 fully saturated rings. The number of ether oxygens (including phenoxy) is 1. The molecule has 2 rings (SSSR count). The van der Waals surface area contributed by atoms with Crippen LogP contribution in [0.2, 0.25) is 0 Å². The minimum Gasteiger partial charge on any atom is -0.478 e. The van der Waals surface area contributed by atoms with Crippen LogP contribution >= 0.6 is 0 Å². The second-order valence-electron chi connectivity index (χ2n) is 4.94. The van der Waals surface area contributed by atoms with Crippen LogP contribution in [0, 0.1) is 0 Å².